The quantitative estimate of drug-likeness (QED) is 0.301. The second-order valence-electron chi connectivity index (χ2n) is 7.22. The lowest BCUT2D eigenvalue weighted by Gasteiger charge is -2.09. The highest BCUT2D eigenvalue weighted by Crippen LogP contribution is 2.29. The number of ether oxygens (including phenoxy) is 1. The highest BCUT2D eigenvalue weighted by atomic mass is 127. The maximum absolute atomic E-state index is 12.9. The van der Waals surface area contributed by atoms with Gasteiger partial charge in [-0.15, -0.1) is 5.10 Å². The first kappa shape index (κ1) is 24.8. The van der Waals surface area contributed by atoms with Gasteiger partial charge in [0.2, 0.25) is 4.11 Å². The van der Waals surface area contributed by atoms with Crippen molar-refractivity contribution < 1.29 is 27.8 Å². The van der Waals surface area contributed by atoms with Gasteiger partial charge in [0.25, 0.3) is 0 Å². The van der Waals surface area contributed by atoms with Crippen molar-refractivity contribution in [1.82, 2.24) is 14.3 Å². The molecule has 0 aliphatic carbocycles. The molecular formula is C22H21F3IN3O4. The Balaban J connectivity index is 1.78. The average molecular weight is 575 g/mol. The van der Waals surface area contributed by atoms with Gasteiger partial charge >= 0.3 is 17.8 Å². The molecule has 33 heavy (non-hydrogen) atoms. The van der Waals surface area contributed by atoms with Crippen LogP contribution in [0, 0.1) is 0 Å². The van der Waals surface area contributed by atoms with Gasteiger partial charge in [-0.2, -0.15) is 17.9 Å². The van der Waals surface area contributed by atoms with Gasteiger partial charge in [0.15, 0.2) is 0 Å². The first-order valence-corrected chi connectivity index (χ1v) is 11.3. The summed E-state index contributed by atoms with van der Waals surface area (Å²) in [5, 5.41) is 13.3. The standard InChI is InChI=1S/C22H21F3IN3O4/c1-2-13-28-18(12-5-14-3-10-17(11-4-14)33-19(26)20(30)31)27-29(21(28)32)16-8-6-15(7-9-16)22(23,24)25/h3-4,6-11,19H,2,5,12-13H2,1H3,(H,30,31). The van der Waals surface area contributed by atoms with Crippen LogP contribution < -0.4 is 10.4 Å². The largest absolute Gasteiger partial charge is 0.478 e. The fourth-order valence-electron chi connectivity index (χ4n) is 3.19. The van der Waals surface area contributed by atoms with E-state index in [1.165, 1.54) is 16.7 Å². The number of carboxylic acids is 1. The summed E-state index contributed by atoms with van der Waals surface area (Å²) in [5.74, 6) is -0.118. The van der Waals surface area contributed by atoms with E-state index in [0.29, 0.717) is 37.4 Å². The second-order valence-corrected chi connectivity index (χ2v) is 8.35. The van der Waals surface area contributed by atoms with Crippen molar-refractivity contribution in [3.63, 3.8) is 0 Å². The van der Waals surface area contributed by atoms with E-state index >= 15 is 0 Å². The maximum atomic E-state index is 12.9. The van der Waals surface area contributed by atoms with Gasteiger partial charge in [0, 0.05) is 13.0 Å². The number of alkyl halides is 4. The molecule has 0 saturated heterocycles. The molecule has 1 unspecified atom stereocenters. The molecule has 0 radical (unpaired) electrons. The molecule has 0 aliphatic heterocycles. The lowest BCUT2D eigenvalue weighted by Crippen LogP contribution is -2.24. The zero-order valence-electron chi connectivity index (χ0n) is 17.6. The molecule has 3 aromatic rings. The van der Waals surface area contributed by atoms with Gasteiger partial charge in [-0.25, -0.2) is 9.59 Å². The Bertz CT molecular complexity index is 1160. The molecular weight excluding hydrogens is 554 g/mol. The molecule has 1 heterocycles. The van der Waals surface area contributed by atoms with E-state index in [4.69, 9.17) is 9.84 Å². The summed E-state index contributed by atoms with van der Waals surface area (Å²) in [6, 6.07) is 11.3. The van der Waals surface area contributed by atoms with E-state index in [2.05, 4.69) is 5.10 Å². The first-order chi connectivity index (χ1) is 15.6. The van der Waals surface area contributed by atoms with Gasteiger partial charge in [0.1, 0.15) is 11.6 Å². The number of rotatable bonds is 9. The maximum Gasteiger partial charge on any atom is 0.416 e. The van der Waals surface area contributed by atoms with Crippen molar-refractivity contribution in [1.29, 1.82) is 0 Å². The van der Waals surface area contributed by atoms with Crippen molar-refractivity contribution in [3.05, 3.63) is 76.0 Å². The van der Waals surface area contributed by atoms with Crippen LogP contribution in [0.4, 0.5) is 13.2 Å². The molecule has 1 atom stereocenters. The zero-order valence-corrected chi connectivity index (χ0v) is 19.7. The van der Waals surface area contributed by atoms with Crippen molar-refractivity contribution in [2.24, 2.45) is 0 Å². The number of carbonyl (C=O) groups is 1. The number of hydrogen-bond acceptors (Lipinski definition) is 4. The summed E-state index contributed by atoms with van der Waals surface area (Å²) in [6.45, 7) is 2.36. The summed E-state index contributed by atoms with van der Waals surface area (Å²) in [5.41, 5.74) is -0.00561. The van der Waals surface area contributed by atoms with Crippen LogP contribution in [0.15, 0.2) is 53.3 Å². The van der Waals surface area contributed by atoms with Crippen LogP contribution in [0.3, 0.4) is 0 Å². The lowest BCUT2D eigenvalue weighted by molar-refractivity contribution is -0.140. The van der Waals surface area contributed by atoms with Crippen molar-refractivity contribution in [2.75, 3.05) is 0 Å². The second kappa shape index (κ2) is 10.4. The SMILES string of the molecule is CCCn1c(CCc2ccc(OC(I)C(=O)O)cc2)nn(-c2ccc(C(F)(F)F)cc2)c1=O. The molecule has 0 fully saturated rings. The fourth-order valence-corrected chi connectivity index (χ4v) is 3.48. The number of carboxylic acid groups (broad SMARTS) is 1. The molecule has 1 aromatic heterocycles. The molecule has 2 aromatic carbocycles. The number of hydrogen-bond donors (Lipinski definition) is 1. The monoisotopic (exact) mass is 575 g/mol. The highest BCUT2D eigenvalue weighted by Gasteiger charge is 2.30. The smallest absolute Gasteiger partial charge is 0.416 e. The minimum atomic E-state index is -4.46. The summed E-state index contributed by atoms with van der Waals surface area (Å²) >= 11 is 1.67. The summed E-state index contributed by atoms with van der Waals surface area (Å²) < 4.78 is 45.4. The topological polar surface area (TPSA) is 86.3 Å². The zero-order chi connectivity index (χ0) is 24.2. The van der Waals surface area contributed by atoms with Crippen LogP contribution in [0.1, 0.15) is 30.3 Å². The Labute approximate surface area is 200 Å². The first-order valence-electron chi connectivity index (χ1n) is 10.1. The number of aliphatic carboxylic acids is 1. The van der Waals surface area contributed by atoms with Crippen LogP contribution in [0.5, 0.6) is 5.75 Å². The molecule has 0 aliphatic rings. The number of nitrogens with zero attached hydrogens (tertiary/aromatic N) is 3. The van der Waals surface area contributed by atoms with E-state index in [9.17, 15) is 22.8 Å². The Kier molecular flexibility index (Phi) is 7.82. The Morgan fingerprint density at radius 1 is 1.12 bits per heavy atom. The van der Waals surface area contributed by atoms with E-state index in [1.807, 2.05) is 6.92 Å². The van der Waals surface area contributed by atoms with E-state index < -0.39 is 27.5 Å². The molecule has 7 nitrogen and oxygen atoms in total. The minimum Gasteiger partial charge on any atom is -0.478 e. The Hall–Kier alpha value is -2.83. The normalized spacial score (nSPS) is 12.5. The third-order valence-electron chi connectivity index (χ3n) is 4.82. The van der Waals surface area contributed by atoms with Gasteiger partial charge in [0.05, 0.1) is 11.3 Å². The van der Waals surface area contributed by atoms with Gasteiger partial charge in [-0.05, 0) is 77.4 Å². The summed E-state index contributed by atoms with van der Waals surface area (Å²) in [6.07, 6.45) is -2.77. The fraction of sp³-hybridized carbons (Fsp3) is 0.318. The molecule has 0 spiro atoms. The van der Waals surface area contributed by atoms with E-state index in [-0.39, 0.29) is 5.69 Å². The average Bonchev–Trinajstić information content (AvgIpc) is 3.08. The lowest BCUT2D eigenvalue weighted by atomic mass is 10.1. The predicted molar refractivity (Wildman–Crippen MR) is 123 cm³/mol. The molecule has 0 amide bonds. The van der Waals surface area contributed by atoms with E-state index in [0.717, 1.165) is 22.4 Å². The van der Waals surface area contributed by atoms with Crippen LogP contribution >= 0.6 is 22.6 Å². The number of aromatic nitrogens is 3. The third-order valence-corrected chi connectivity index (χ3v) is 5.61. The van der Waals surface area contributed by atoms with Crippen LogP contribution in [-0.2, 0) is 30.4 Å². The number of benzene rings is 2. The third kappa shape index (κ3) is 6.15. The molecule has 11 heteroatoms. The van der Waals surface area contributed by atoms with Crippen LogP contribution in [0.25, 0.3) is 5.69 Å². The minimum absolute atomic E-state index is 0.261. The van der Waals surface area contributed by atoms with Crippen molar-refractivity contribution in [2.45, 2.75) is 43.0 Å². The summed E-state index contributed by atoms with van der Waals surface area (Å²) in [4.78, 5) is 23.7. The Morgan fingerprint density at radius 3 is 2.30 bits per heavy atom. The number of halogens is 4. The van der Waals surface area contributed by atoms with Gasteiger partial charge in [-0.1, -0.05) is 19.1 Å². The molecule has 176 valence electrons. The van der Waals surface area contributed by atoms with Gasteiger partial charge in [-0.3, -0.25) is 4.57 Å². The predicted octanol–water partition coefficient (Wildman–Crippen LogP) is 4.47. The molecule has 1 N–H and O–H groups in total. The summed E-state index contributed by atoms with van der Waals surface area (Å²) in [7, 11) is 0. The van der Waals surface area contributed by atoms with E-state index in [1.54, 1.807) is 46.9 Å². The molecule has 0 saturated carbocycles. The van der Waals surface area contributed by atoms with Crippen molar-refractivity contribution in [3.8, 4) is 11.4 Å². The Morgan fingerprint density at radius 2 is 1.76 bits per heavy atom. The number of aryl methyl sites for hydroxylation is 2. The van der Waals surface area contributed by atoms with Crippen LogP contribution in [0.2, 0.25) is 0 Å². The molecule has 0 bridgehead atoms. The van der Waals surface area contributed by atoms with Crippen molar-refractivity contribution >= 4 is 28.6 Å². The molecule has 3 rings (SSSR count). The van der Waals surface area contributed by atoms with Crippen LogP contribution in [-0.4, -0.2) is 29.5 Å². The van der Waals surface area contributed by atoms with Gasteiger partial charge < -0.3 is 9.84 Å². The highest BCUT2D eigenvalue weighted by molar-refractivity contribution is 14.1.